The zero-order chi connectivity index (χ0) is 17.8. The molecular weight excluding hydrogens is 377 g/mol. The first kappa shape index (κ1) is 18.5. The molecule has 1 aliphatic rings. The smallest absolute Gasteiger partial charge is 0.157 e. The molecule has 0 amide bonds. The van der Waals surface area contributed by atoms with Gasteiger partial charge in [-0.05, 0) is 24.6 Å². The number of thiocarbonyl (C=S) groups is 1. The molecule has 2 aromatic rings. The average molecular weight is 396 g/mol. The highest BCUT2D eigenvalue weighted by atomic mass is 35.5. The van der Waals surface area contributed by atoms with Crippen molar-refractivity contribution in [1.29, 1.82) is 0 Å². The van der Waals surface area contributed by atoms with Crippen LogP contribution in [0.1, 0.15) is 16.7 Å². The van der Waals surface area contributed by atoms with Crippen molar-refractivity contribution in [3.63, 3.8) is 0 Å². The van der Waals surface area contributed by atoms with Crippen LogP contribution in [0.5, 0.6) is 5.75 Å². The maximum absolute atomic E-state index is 6.40. The Labute approximate surface area is 163 Å². The fourth-order valence-corrected chi connectivity index (χ4v) is 3.51. The molecule has 1 saturated heterocycles. The highest BCUT2D eigenvalue weighted by molar-refractivity contribution is 7.80. The van der Waals surface area contributed by atoms with Gasteiger partial charge in [0.25, 0.3) is 0 Å². The lowest BCUT2D eigenvalue weighted by Gasteiger charge is -2.29. The summed E-state index contributed by atoms with van der Waals surface area (Å²) in [4.78, 5) is 2.84. The van der Waals surface area contributed by atoms with Crippen LogP contribution in [0.2, 0.25) is 10.0 Å². The predicted octanol–water partition coefficient (Wildman–Crippen LogP) is 4.89. The Bertz CT molecular complexity index is 736. The van der Waals surface area contributed by atoms with Gasteiger partial charge in [-0.2, -0.15) is 0 Å². The normalized spacial score (nSPS) is 14.4. The Balaban J connectivity index is 1.73. The van der Waals surface area contributed by atoms with Crippen LogP contribution in [-0.4, -0.2) is 36.2 Å². The summed E-state index contributed by atoms with van der Waals surface area (Å²) >= 11 is 18.4. The van der Waals surface area contributed by atoms with Gasteiger partial charge in [0.15, 0.2) is 5.75 Å². The van der Waals surface area contributed by atoms with Gasteiger partial charge in [-0.3, -0.25) is 0 Å². The van der Waals surface area contributed by atoms with Crippen LogP contribution < -0.4 is 4.74 Å². The van der Waals surface area contributed by atoms with E-state index in [-0.39, 0.29) is 0 Å². The molecule has 3 nitrogen and oxygen atoms in total. The van der Waals surface area contributed by atoms with Crippen LogP contribution in [-0.2, 0) is 11.3 Å². The average Bonchev–Trinajstić information content (AvgIpc) is 2.62. The SMILES string of the molecule is Cc1ccc(COc2c(Cl)cc(C(=S)N3CCOCC3)cc2Cl)cc1. The third-order valence-corrected chi connectivity index (χ3v) is 5.10. The van der Waals surface area contributed by atoms with Crippen molar-refractivity contribution in [1.82, 2.24) is 4.90 Å². The largest absolute Gasteiger partial charge is 0.486 e. The van der Waals surface area contributed by atoms with E-state index in [9.17, 15) is 0 Å². The minimum atomic E-state index is 0.410. The van der Waals surface area contributed by atoms with Gasteiger partial charge in [0.05, 0.1) is 23.3 Å². The van der Waals surface area contributed by atoms with Crippen molar-refractivity contribution in [3.05, 3.63) is 63.1 Å². The zero-order valence-corrected chi connectivity index (χ0v) is 16.3. The molecule has 0 bridgehead atoms. The van der Waals surface area contributed by atoms with Crippen molar-refractivity contribution in [2.75, 3.05) is 26.3 Å². The second-order valence-electron chi connectivity index (χ2n) is 5.95. The third kappa shape index (κ3) is 4.64. The summed E-state index contributed by atoms with van der Waals surface area (Å²) in [5.41, 5.74) is 3.10. The summed E-state index contributed by atoms with van der Waals surface area (Å²) in [6.45, 7) is 5.37. The molecule has 0 aliphatic carbocycles. The summed E-state index contributed by atoms with van der Waals surface area (Å²) in [6.07, 6.45) is 0. The number of nitrogens with zero attached hydrogens (tertiary/aromatic N) is 1. The first-order valence-corrected chi connectivity index (χ1v) is 9.25. The van der Waals surface area contributed by atoms with E-state index in [0.29, 0.717) is 35.6 Å². The van der Waals surface area contributed by atoms with E-state index < -0.39 is 0 Å². The van der Waals surface area contributed by atoms with Gasteiger partial charge in [0.2, 0.25) is 0 Å². The Kier molecular flexibility index (Phi) is 6.18. The Morgan fingerprint density at radius 2 is 1.72 bits per heavy atom. The van der Waals surface area contributed by atoms with Crippen LogP contribution in [0.15, 0.2) is 36.4 Å². The van der Waals surface area contributed by atoms with Crippen LogP contribution in [0.3, 0.4) is 0 Å². The van der Waals surface area contributed by atoms with Gasteiger partial charge in [-0.25, -0.2) is 0 Å². The van der Waals surface area contributed by atoms with Crippen molar-refractivity contribution in [2.45, 2.75) is 13.5 Å². The van der Waals surface area contributed by atoms with Crippen LogP contribution in [0.4, 0.5) is 0 Å². The number of rotatable bonds is 4. The number of hydrogen-bond acceptors (Lipinski definition) is 3. The molecule has 0 saturated carbocycles. The van der Waals surface area contributed by atoms with E-state index in [1.807, 2.05) is 36.4 Å². The highest BCUT2D eigenvalue weighted by Gasteiger charge is 2.18. The summed E-state index contributed by atoms with van der Waals surface area (Å²) in [6, 6.07) is 11.8. The summed E-state index contributed by atoms with van der Waals surface area (Å²) in [5, 5.41) is 0.926. The van der Waals surface area contributed by atoms with Gasteiger partial charge in [-0.15, -0.1) is 0 Å². The second-order valence-corrected chi connectivity index (χ2v) is 7.15. The number of halogens is 2. The number of hydrogen-bond donors (Lipinski definition) is 0. The van der Waals surface area contributed by atoms with Crippen molar-refractivity contribution in [2.24, 2.45) is 0 Å². The fraction of sp³-hybridized carbons (Fsp3) is 0.316. The molecule has 1 heterocycles. The minimum Gasteiger partial charge on any atom is -0.486 e. The van der Waals surface area contributed by atoms with E-state index >= 15 is 0 Å². The summed E-state index contributed by atoms with van der Waals surface area (Å²) in [7, 11) is 0. The molecular formula is C19H19Cl2NO2S. The molecule has 0 N–H and O–H groups in total. The topological polar surface area (TPSA) is 21.7 Å². The van der Waals surface area contributed by atoms with Crippen molar-refractivity contribution in [3.8, 4) is 5.75 Å². The van der Waals surface area contributed by atoms with E-state index in [2.05, 4.69) is 11.8 Å². The van der Waals surface area contributed by atoms with Gasteiger partial charge in [0.1, 0.15) is 11.6 Å². The maximum Gasteiger partial charge on any atom is 0.157 e. The zero-order valence-electron chi connectivity index (χ0n) is 13.9. The van der Waals surface area contributed by atoms with Crippen molar-refractivity contribution < 1.29 is 9.47 Å². The predicted molar refractivity (Wildman–Crippen MR) is 106 cm³/mol. The first-order valence-electron chi connectivity index (χ1n) is 8.09. The Hall–Kier alpha value is -1.33. The van der Waals surface area contributed by atoms with Gasteiger partial charge in [-0.1, -0.05) is 65.2 Å². The molecule has 0 atom stereocenters. The molecule has 3 rings (SSSR count). The molecule has 6 heteroatoms. The summed E-state index contributed by atoms with van der Waals surface area (Å²) < 4.78 is 11.2. The van der Waals surface area contributed by atoms with E-state index in [0.717, 1.165) is 29.2 Å². The van der Waals surface area contributed by atoms with Gasteiger partial charge < -0.3 is 14.4 Å². The van der Waals surface area contributed by atoms with Crippen LogP contribution >= 0.6 is 35.4 Å². The quantitative estimate of drug-likeness (QED) is 0.686. The molecule has 25 heavy (non-hydrogen) atoms. The Morgan fingerprint density at radius 1 is 1.12 bits per heavy atom. The molecule has 0 aromatic heterocycles. The lowest BCUT2D eigenvalue weighted by atomic mass is 10.1. The van der Waals surface area contributed by atoms with Gasteiger partial charge in [0, 0.05) is 18.7 Å². The standard InChI is InChI=1S/C19H19Cl2NO2S/c1-13-2-4-14(5-3-13)12-24-18-16(20)10-15(11-17(18)21)19(25)22-6-8-23-9-7-22/h2-5,10-11H,6-9,12H2,1H3. The number of morpholine rings is 1. The highest BCUT2D eigenvalue weighted by Crippen LogP contribution is 2.35. The minimum absolute atomic E-state index is 0.410. The molecule has 1 fully saturated rings. The monoisotopic (exact) mass is 395 g/mol. The van der Waals surface area contributed by atoms with Crippen LogP contribution in [0.25, 0.3) is 0 Å². The van der Waals surface area contributed by atoms with Crippen LogP contribution in [0, 0.1) is 6.92 Å². The van der Waals surface area contributed by atoms with Gasteiger partial charge >= 0.3 is 0 Å². The van der Waals surface area contributed by atoms with E-state index in [1.165, 1.54) is 5.56 Å². The second kappa shape index (κ2) is 8.37. The van der Waals surface area contributed by atoms with Crippen molar-refractivity contribution >= 4 is 40.4 Å². The maximum atomic E-state index is 6.40. The molecule has 0 unspecified atom stereocenters. The number of aryl methyl sites for hydroxylation is 1. The first-order chi connectivity index (χ1) is 12.0. The third-order valence-electron chi connectivity index (χ3n) is 4.05. The lowest BCUT2D eigenvalue weighted by Crippen LogP contribution is -2.40. The summed E-state index contributed by atoms with van der Waals surface area (Å²) in [5.74, 6) is 0.484. The Morgan fingerprint density at radius 3 is 2.32 bits per heavy atom. The fourth-order valence-electron chi connectivity index (χ4n) is 2.61. The lowest BCUT2D eigenvalue weighted by molar-refractivity contribution is 0.0693. The molecule has 132 valence electrons. The molecule has 0 radical (unpaired) electrons. The molecule has 1 aliphatic heterocycles. The number of benzene rings is 2. The molecule has 2 aromatic carbocycles. The number of ether oxygens (including phenoxy) is 2. The van der Waals surface area contributed by atoms with E-state index in [4.69, 9.17) is 44.9 Å². The molecule has 0 spiro atoms. The van der Waals surface area contributed by atoms with E-state index in [1.54, 1.807) is 0 Å².